The monoisotopic (exact) mass is 360 g/mol. The average Bonchev–Trinajstić information content (AvgIpc) is 2.49. The van der Waals surface area contributed by atoms with Gasteiger partial charge in [-0.15, -0.1) is 12.4 Å². The number of anilines is 1. The number of amides is 1. The van der Waals surface area contributed by atoms with Crippen molar-refractivity contribution in [3.05, 3.63) is 59.2 Å². The summed E-state index contributed by atoms with van der Waals surface area (Å²) < 4.78 is 6.02. The van der Waals surface area contributed by atoms with Gasteiger partial charge in [-0.1, -0.05) is 24.3 Å². The topological polar surface area (TPSA) is 64.3 Å². The molecule has 134 valence electrons. The van der Waals surface area contributed by atoms with E-state index in [0.717, 1.165) is 22.4 Å². The molecule has 0 radical (unpaired) electrons. The van der Waals surface area contributed by atoms with Crippen LogP contribution >= 0.6 is 12.4 Å². The Kier molecular flexibility index (Phi) is 5.63. The number of nitrogen functional groups attached to an aromatic ring is 1. The molecule has 1 heterocycles. The number of carbonyl (C=O) groups excluding carboxylic acids is 1. The van der Waals surface area contributed by atoms with Crippen LogP contribution in [0, 0.1) is 6.92 Å². The van der Waals surface area contributed by atoms with E-state index in [1.807, 2.05) is 63.2 Å². The maximum absolute atomic E-state index is 12.6. The Morgan fingerprint density at radius 2 is 2.00 bits per heavy atom. The van der Waals surface area contributed by atoms with Gasteiger partial charge >= 0.3 is 0 Å². The molecule has 2 aromatic rings. The van der Waals surface area contributed by atoms with E-state index in [2.05, 4.69) is 5.32 Å². The lowest BCUT2D eigenvalue weighted by atomic mass is 9.89. The van der Waals surface area contributed by atoms with Crippen molar-refractivity contribution in [2.75, 3.05) is 5.73 Å². The minimum absolute atomic E-state index is 0. The minimum Gasteiger partial charge on any atom is -0.487 e. The number of ether oxygens (including phenoxy) is 1. The molecule has 1 aliphatic heterocycles. The van der Waals surface area contributed by atoms with Crippen LogP contribution in [0.15, 0.2) is 42.5 Å². The highest BCUT2D eigenvalue weighted by Gasteiger charge is 2.34. The molecule has 1 amide bonds. The van der Waals surface area contributed by atoms with Crippen LogP contribution in [0.25, 0.3) is 0 Å². The number of nitrogens with one attached hydrogen (secondary N) is 1. The highest BCUT2D eigenvalue weighted by molar-refractivity contribution is 5.85. The Balaban J connectivity index is 0.00000225. The van der Waals surface area contributed by atoms with Crippen molar-refractivity contribution in [3.8, 4) is 5.75 Å². The van der Waals surface area contributed by atoms with Gasteiger partial charge in [-0.3, -0.25) is 4.79 Å². The molecule has 1 atom stereocenters. The molecular weight excluding hydrogens is 336 g/mol. The maximum atomic E-state index is 12.6. The van der Waals surface area contributed by atoms with Crippen LogP contribution in [-0.2, 0) is 11.2 Å². The third-order valence-electron chi connectivity index (χ3n) is 4.44. The van der Waals surface area contributed by atoms with Crippen molar-refractivity contribution >= 4 is 24.0 Å². The first-order valence-corrected chi connectivity index (χ1v) is 8.26. The van der Waals surface area contributed by atoms with E-state index in [9.17, 15) is 4.79 Å². The summed E-state index contributed by atoms with van der Waals surface area (Å²) in [6.07, 6.45) is 1.09. The summed E-state index contributed by atoms with van der Waals surface area (Å²) in [5.74, 6) is 0.807. The van der Waals surface area contributed by atoms with Gasteiger partial charge in [0.15, 0.2) is 0 Å². The predicted molar refractivity (Wildman–Crippen MR) is 103 cm³/mol. The number of carbonyl (C=O) groups is 1. The summed E-state index contributed by atoms with van der Waals surface area (Å²) in [5.41, 5.74) is 9.39. The van der Waals surface area contributed by atoms with Crippen molar-refractivity contribution < 1.29 is 9.53 Å². The summed E-state index contributed by atoms with van der Waals surface area (Å²) in [6, 6.07) is 13.5. The lowest BCUT2D eigenvalue weighted by Crippen LogP contribution is -2.41. The van der Waals surface area contributed by atoms with E-state index in [4.69, 9.17) is 10.5 Å². The van der Waals surface area contributed by atoms with Crippen LogP contribution in [0.4, 0.5) is 5.69 Å². The SMILES string of the molecule is Cc1ccccc1CC(=O)NC1CC(C)(C)Oc2ccc(N)cc21.Cl. The van der Waals surface area contributed by atoms with Crippen LogP contribution in [0.5, 0.6) is 5.75 Å². The fourth-order valence-corrected chi connectivity index (χ4v) is 3.23. The van der Waals surface area contributed by atoms with Crippen LogP contribution in [0.3, 0.4) is 0 Å². The fourth-order valence-electron chi connectivity index (χ4n) is 3.23. The van der Waals surface area contributed by atoms with Crippen molar-refractivity contribution in [2.24, 2.45) is 0 Å². The highest BCUT2D eigenvalue weighted by Crippen LogP contribution is 2.40. The molecule has 1 aliphatic rings. The second-order valence-electron chi connectivity index (χ2n) is 7.09. The van der Waals surface area contributed by atoms with Crippen molar-refractivity contribution in [1.82, 2.24) is 5.32 Å². The molecule has 4 nitrogen and oxygen atoms in total. The molecule has 0 bridgehead atoms. The number of halogens is 1. The van der Waals surface area contributed by atoms with E-state index in [1.54, 1.807) is 0 Å². The lowest BCUT2D eigenvalue weighted by molar-refractivity contribution is -0.121. The lowest BCUT2D eigenvalue weighted by Gasteiger charge is -2.38. The third kappa shape index (κ3) is 4.45. The first-order valence-electron chi connectivity index (χ1n) is 8.26. The largest absolute Gasteiger partial charge is 0.487 e. The molecule has 0 aromatic heterocycles. The van der Waals surface area contributed by atoms with E-state index in [0.29, 0.717) is 18.5 Å². The van der Waals surface area contributed by atoms with Gasteiger partial charge in [-0.05, 0) is 50.1 Å². The Labute approximate surface area is 155 Å². The zero-order valence-electron chi connectivity index (χ0n) is 14.8. The molecule has 0 fully saturated rings. The van der Waals surface area contributed by atoms with E-state index < -0.39 is 0 Å². The van der Waals surface area contributed by atoms with Gasteiger partial charge in [-0.25, -0.2) is 0 Å². The summed E-state index contributed by atoms with van der Waals surface area (Å²) in [6.45, 7) is 6.09. The van der Waals surface area contributed by atoms with Gasteiger partial charge in [0.1, 0.15) is 11.4 Å². The minimum atomic E-state index is -0.330. The number of aryl methyl sites for hydroxylation is 1. The molecule has 5 heteroatoms. The van der Waals surface area contributed by atoms with Crippen LogP contribution < -0.4 is 15.8 Å². The smallest absolute Gasteiger partial charge is 0.224 e. The highest BCUT2D eigenvalue weighted by atomic mass is 35.5. The molecular formula is C20H25ClN2O2. The molecule has 0 aliphatic carbocycles. The third-order valence-corrected chi connectivity index (χ3v) is 4.44. The van der Waals surface area contributed by atoms with Gasteiger partial charge in [0.2, 0.25) is 5.91 Å². The maximum Gasteiger partial charge on any atom is 0.224 e. The number of fused-ring (bicyclic) bond motifs is 1. The number of hydrogen-bond acceptors (Lipinski definition) is 3. The quantitative estimate of drug-likeness (QED) is 0.814. The number of rotatable bonds is 3. The Morgan fingerprint density at radius 3 is 2.72 bits per heavy atom. The molecule has 25 heavy (non-hydrogen) atoms. The van der Waals surface area contributed by atoms with Crippen molar-refractivity contribution in [2.45, 2.75) is 45.3 Å². The first-order chi connectivity index (χ1) is 11.3. The summed E-state index contributed by atoms with van der Waals surface area (Å²) >= 11 is 0. The first kappa shape index (κ1) is 19.1. The fraction of sp³-hybridized carbons (Fsp3) is 0.350. The zero-order chi connectivity index (χ0) is 17.3. The average molecular weight is 361 g/mol. The van der Waals surface area contributed by atoms with Crippen LogP contribution in [0.1, 0.15) is 43.0 Å². The van der Waals surface area contributed by atoms with Gasteiger partial charge < -0.3 is 15.8 Å². The number of hydrogen-bond donors (Lipinski definition) is 2. The molecule has 3 rings (SSSR count). The molecule has 3 N–H and O–H groups in total. The summed E-state index contributed by atoms with van der Waals surface area (Å²) in [4.78, 5) is 12.6. The Bertz CT molecular complexity index is 774. The molecule has 1 unspecified atom stereocenters. The predicted octanol–water partition coefficient (Wildman–Crippen LogP) is 3.96. The van der Waals surface area contributed by atoms with E-state index >= 15 is 0 Å². The Hall–Kier alpha value is -2.20. The molecule has 0 spiro atoms. The molecule has 0 saturated heterocycles. The molecule has 0 saturated carbocycles. The standard InChI is InChI=1S/C20H24N2O2.ClH/c1-13-6-4-5-7-14(13)10-19(23)22-17-12-20(2,3)24-18-9-8-15(21)11-16(17)18;/h4-9,11,17H,10,12,21H2,1-3H3,(H,22,23);1H. The molecule has 2 aromatic carbocycles. The second-order valence-corrected chi connectivity index (χ2v) is 7.09. The van der Waals surface area contributed by atoms with Gasteiger partial charge in [0.25, 0.3) is 0 Å². The Morgan fingerprint density at radius 1 is 1.28 bits per heavy atom. The van der Waals surface area contributed by atoms with Gasteiger partial charge in [-0.2, -0.15) is 0 Å². The van der Waals surface area contributed by atoms with Crippen molar-refractivity contribution in [3.63, 3.8) is 0 Å². The number of benzene rings is 2. The normalized spacial score (nSPS) is 17.6. The van der Waals surface area contributed by atoms with Crippen LogP contribution in [0.2, 0.25) is 0 Å². The van der Waals surface area contributed by atoms with Gasteiger partial charge in [0, 0.05) is 17.7 Å². The van der Waals surface area contributed by atoms with Gasteiger partial charge in [0.05, 0.1) is 12.5 Å². The van der Waals surface area contributed by atoms with E-state index in [1.165, 1.54) is 0 Å². The second kappa shape index (κ2) is 7.36. The summed E-state index contributed by atoms with van der Waals surface area (Å²) in [7, 11) is 0. The van der Waals surface area contributed by atoms with E-state index in [-0.39, 0.29) is 30.0 Å². The number of nitrogens with two attached hydrogens (primary N) is 1. The van der Waals surface area contributed by atoms with Crippen molar-refractivity contribution in [1.29, 1.82) is 0 Å². The zero-order valence-corrected chi connectivity index (χ0v) is 15.7. The van der Waals surface area contributed by atoms with Crippen LogP contribution in [-0.4, -0.2) is 11.5 Å². The summed E-state index contributed by atoms with van der Waals surface area (Å²) in [5, 5.41) is 3.16.